The Morgan fingerprint density at radius 3 is 2.33 bits per heavy atom. The lowest BCUT2D eigenvalue weighted by atomic mass is 10.2. The van der Waals surface area contributed by atoms with Gasteiger partial charge in [0.05, 0.1) is 14.8 Å². The average Bonchev–Trinajstić information content (AvgIpc) is 2.18. The summed E-state index contributed by atoms with van der Waals surface area (Å²) >= 11 is 11.8. The fourth-order valence-corrected chi connectivity index (χ4v) is 3.84. The number of nitrogens with zero attached hydrogens (tertiary/aromatic N) is 1. The predicted molar refractivity (Wildman–Crippen MR) is 85.0 cm³/mol. The minimum Gasteiger partial charge on any atom is -0.276 e. The molecule has 0 fully saturated rings. The normalized spacial score (nSPS) is 9.87. The molecule has 3 nitrogen and oxygen atoms in total. The van der Waals surface area contributed by atoms with Crippen LogP contribution in [0.2, 0.25) is 0 Å². The molecule has 0 heterocycles. The van der Waals surface area contributed by atoms with E-state index < -0.39 is 5.24 Å². The SMILES string of the molecule is O=S=Nc1cc(C(=O)Cl)c(I)c(I)c1I. The van der Waals surface area contributed by atoms with Gasteiger partial charge in [0.1, 0.15) is 0 Å². The lowest BCUT2D eigenvalue weighted by molar-refractivity contribution is 0.108. The highest BCUT2D eigenvalue weighted by molar-refractivity contribution is 14.1. The average molecular weight is 579 g/mol. The van der Waals surface area contributed by atoms with Crippen molar-refractivity contribution < 1.29 is 9.00 Å². The second kappa shape index (κ2) is 6.21. The van der Waals surface area contributed by atoms with Crippen LogP contribution in [0.4, 0.5) is 5.69 Å². The van der Waals surface area contributed by atoms with Gasteiger partial charge >= 0.3 is 0 Å². The van der Waals surface area contributed by atoms with Crippen molar-refractivity contribution in [3.8, 4) is 0 Å². The molecule has 0 aliphatic rings. The number of hydrogen-bond donors (Lipinski definition) is 0. The third-order valence-electron chi connectivity index (χ3n) is 1.48. The monoisotopic (exact) mass is 579 g/mol. The van der Waals surface area contributed by atoms with Crippen molar-refractivity contribution in [3.05, 3.63) is 22.3 Å². The quantitative estimate of drug-likeness (QED) is 0.303. The van der Waals surface area contributed by atoms with Crippen molar-refractivity contribution in [2.24, 2.45) is 4.36 Å². The van der Waals surface area contributed by atoms with Gasteiger partial charge in [0.25, 0.3) is 5.24 Å². The second-order valence-corrected chi connectivity index (χ2v) is 6.24. The number of hydrogen-bond acceptors (Lipinski definition) is 3. The van der Waals surface area contributed by atoms with Crippen LogP contribution in [0.25, 0.3) is 0 Å². The van der Waals surface area contributed by atoms with Gasteiger partial charge in [-0.25, -0.2) is 0 Å². The Hall–Kier alpha value is 1.19. The summed E-state index contributed by atoms with van der Waals surface area (Å²) in [6.07, 6.45) is 0. The maximum Gasteiger partial charge on any atom is 0.253 e. The van der Waals surface area contributed by atoms with E-state index in [2.05, 4.69) is 49.5 Å². The van der Waals surface area contributed by atoms with Crippen LogP contribution in [-0.2, 0) is 11.5 Å². The summed E-state index contributed by atoms with van der Waals surface area (Å²) in [6.45, 7) is 0. The molecule has 0 amide bonds. The zero-order valence-electron chi connectivity index (χ0n) is 6.76. The Bertz CT molecular complexity index is 461. The van der Waals surface area contributed by atoms with Gasteiger partial charge in [-0.05, 0) is 85.4 Å². The number of rotatable bonds is 2. The minimum atomic E-state index is -0.541. The van der Waals surface area contributed by atoms with E-state index in [1.54, 1.807) is 0 Å². The first-order chi connectivity index (χ1) is 6.99. The Morgan fingerprint density at radius 2 is 1.87 bits per heavy atom. The van der Waals surface area contributed by atoms with E-state index in [0.29, 0.717) is 11.3 Å². The van der Waals surface area contributed by atoms with Crippen LogP contribution in [0.3, 0.4) is 0 Å². The molecule has 0 radical (unpaired) electrons. The summed E-state index contributed by atoms with van der Waals surface area (Å²) in [5, 5.41) is -0.541. The molecule has 1 aromatic carbocycles. The lowest BCUT2D eigenvalue weighted by Gasteiger charge is -2.06. The molecule has 8 heteroatoms. The van der Waals surface area contributed by atoms with Crippen LogP contribution < -0.4 is 0 Å². The van der Waals surface area contributed by atoms with Crippen LogP contribution >= 0.6 is 79.4 Å². The molecule has 0 N–H and O–H groups in total. The zero-order valence-corrected chi connectivity index (χ0v) is 14.8. The molecule has 15 heavy (non-hydrogen) atoms. The lowest BCUT2D eigenvalue weighted by Crippen LogP contribution is -1.98. The number of benzene rings is 1. The fourth-order valence-electron chi connectivity index (χ4n) is 0.840. The first kappa shape index (κ1) is 14.3. The van der Waals surface area contributed by atoms with Crippen molar-refractivity contribution in [1.82, 2.24) is 0 Å². The van der Waals surface area contributed by atoms with Gasteiger partial charge in [-0.1, -0.05) is 0 Å². The number of carbonyl (C=O) groups excluding carboxylic acids is 1. The van der Waals surface area contributed by atoms with Gasteiger partial charge < -0.3 is 0 Å². The van der Waals surface area contributed by atoms with Crippen LogP contribution in [0.1, 0.15) is 10.4 Å². The predicted octanol–water partition coefficient (Wildman–Crippen LogP) is 3.91. The number of carbonyl (C=O) groups is 1. The maximum atomic E-state index is 11.1. The van der Waals surface area contributed by atoms with Gasteiger partial charge in [0.15, 0.2) is 0 Å². The Balaban J connectivity index is 3.58. The van der Waals surface area contributed by atoms with Crippen LogP contribution in [-0.4, -0.2) is 9.45 Å². The molecule has 0 aromatic heterocycles. The topological polar surface area (TPSA) is 46.5 Å². The molecular formula is C7HClI3NO2S. The first-order valence-corrected chi connectivity index (χ1v) is 7.67. The highest BCUT2D eigenvalue weighted by Gasteiger charge is 2.16. The highest BCUT2D eigenvalue weighted by atomic mass is 127. The van der Waals surface area contributed by atoms with Crippen LogP contribution in [0.15, 0.2) is 10.4 Å². The van der Waals surface area contributed by atoms with E-state index in [4.69, 9.17) is 11.6 Å². The smallest absolute Gasteiger partial charge is 0.253 e. The Kier molecular flexibility index (Phi) is 5.90. The van der Waals surface area contributed by atoms with Gasteiger partial charge in [-0.2, -0.15) is 8.57 Å². The van der Waals surface area contributed by atoms with Crippen molar-refractivity contribution >= 4 is 102 Å². The Labute approximate surface area is 135 Å². The van der Waals surface area contributed by atoms with Crippen molar-refractivity contribution in [2.45, 2.75) is 0 Å². The fraction of sp³-hybridized carbons (Fsp3) is 0. The van der Waals surface area contributed by atoms with Crippen molar-refractivity contribution in [1.29, 1.82) is 0 Å². The zero-order chi connectivity index (χ0) is 11.6. The Morgan fingerprint density at radius 1 is 1.27 bits per heavy atom. The first-order valence-electron chi connectivity index (χ1n) is 3.36. The van der Waals surface area contributed by atoms with E-state index in [1.807, 2.05) is 22.6 Å². The third kappa shape index (κ3) is 3.33. The maximum absolute atomic E-state index is 11.1. The summed E-state index contributed by atoms with van der Waals surface area (Å²) in [6, 6.07) is 1.53. The van der Waals surface area contributed by atoms with Crippen LogP contribution in [0, 0.1) is 10.7 Å². The summed E-state index contributed by atoms with van der Waals surface area (Å²) in [5.74, 6) is 0. The molecule has 0 saturated heterocycles. The molecule has 1 aromatic rings. The third-order valence-corrected chi connectivity index (χ3v) is 7.31. The molecule has 0 aliphatic heterocycles. The van der Waals surface area contributed by atoms with Crippen LogP contribution in [0.5, 0.6) is 0 Å². The van der Waals surface area contributed by atoms with Gasteiger partial charge in [-0.3, -0.25) is 4.79 Å². The molecule has 0 saturated carbocycles. The molecule has 0 spiro atoms. The van der Waals surface area contributed by atoms with E-state index in [1.165, 1.54) is 6.07 Å². The summed E-state index contributed by atoms with van der Waals surface area (Å²) in [7, 11) is 0. The van der Waals surface area contributed by atoms with Gasteiger partial charge in [0, 0.05) is 7.14 Å². The molecule has 0 aliphatic carbocycles. The van der Waals surface area contributed by atoms with E-state index in [9.17, 15) is 9.00 Å². The molecular weight excluding hydrogens is 578 g/mol. The largest absolute Gasteiger partial charge is 0.276 e. The van der Waals surface area contributed by atoms with Crippen molar-refractivity contribution in [2.75, 3.05) is 0 Å². The number of halogens is 4. The van der Waals surface area contributed by atoms with E-state index in [-0.39, 0.29) is 11.5 Å². The molecule has 1 rings (SSSR count). The molecule has 80 valence electrons. The summed E-state index contributed by atoms with van der Waals surface area (Å²) < 4.78 is 16.6. The minimum absolute atomic E-state index is 0.114. The summed E-state index contributed by atoms with van der Waals surface area (Å²) in [4.78, 5) is 11.1. The molecule has 0 unspecified atom stereocenters. The summed E-state index contributed by atoms with van der Waals surface area (Å²) in [5.41, 5.74) is 0.874. The van der Waals surface area contributed by atoms with Crippen molar-refractivity contribution in [3.63, 3.8) is 0 Å². The molecule has 0 atom stereocenters. The van der Waals surface area contributed by atoms with Gasteiger partial charge in [0.2, 0.25) is 11.5 Å². The van der Waals surface area contributed by atoms with Gasteiger partial charge in [-0.15, -0.1) is 0 Å². The second-order valence-electron chi connectivity index (χ2n) is 2.32. The standard InChI is InChI=1S/C7HClI3NO2S/c8-7(13)2-1-3(12-15-14)5(10)6(11)4(2)9/h1H. The van der Waals surface area contributed by atoms with E-state index >= 15 is 0 Å². The highest BCUT2D eigenvalue weighted by Crippen LogP contribution is 2.33. The molecule has 0 bridgehead atoms. The van der Waals surface area contributed by atoms with E-state index in [0.717, 1.165) is 10.7 Å².